The highest BCUT2D eigenvalue weighted by atomic mass is 35.5. The molecule has 0 aliphatic carbocycles. The molecule has 0 radical (unpaired) electrons. The van der Waals surface area contributed by atoms with Gasteiger partial charge in [-0.2, -0.15) is 0 Å². The van der Waals surface area contributed by atoms with Crippen molar-refractivity contribution >= 4 is 40.4 Å². The number of ketones is 1. The molecule has 1 amide bonds. The summed E-state index contributed by atoms with van der Waals surface area (Å²) in [6, 6.07) is 24.2. The number of Topliss-reactive ketones (excluding diaryl/α,β-unsaturated/α-hetero) is 1. The highest BCUT2D eigenvalue weighted by molar-refractivity contribution is 7.09. The highest BCUT2D eigenvalue weighted by Gasteiger charge is 2.46. The fourth-order valence-electron chi connectivity index (χ4n) is 4.41. The second-order valence-electron chi connectivity index (χ2n) is 8.57. The number of nitrogens with zero attached hydrogens (tertiary/aromatic N) is 1. The van der Waals surface area contributed by atoms with Gasteiger partial charge in [0, 0.05) is 10.4 Å². The Hall–Kier alpha value is -4.07. The van der Waals surface area contributed by atoms with Crippen LogP contribution in [-0.4, -0.2) is 28.3 Å². The molecule has 1 N–H and O–H groups in total. The van der Waals surface area contributed by atoms with E-state index in [0.717, 1.165) is 4.88 Å². The van der Waals surface area contributed by atoms with Crippen LogP contribution in [-0.2, 0) is 16.1 Å². The van der Waals surface area contributed by atoms with E-state index < -0.39 is 17.7 Å². The van der Waals surface area contributed by atoms with Crippen molar-refractivity contribution < 1.29 is 24.2 Å². The molecule has 1 saturated heterocycles. The maximum absolute atomic E-state index is 13.4. The van der Waals surface area contributed by atoms with Gasteiger partial charge in [-0.05, 0) is 66.4 Å². The van der Waals surface area contributed by atoms with E-state index in [4.69, 9.17) is 21.1 Å². The molecule has 1 aliphatic rings. The predicted octanol–water partition coefficient (Wildman–Crippen LogP) is 7.21. The Morgan fingerprint density at radius 1 is 0.974 bits per heavy atom. The zero-order chi connectivity index (χ0) is 26.6. The van der Waals surface area contributed by atoms with E-state index in [0.29, 0.717) is 40.0 Å². The maximum Gasteiger partial charge on any atom is 0.295 e. The van der Waals surface area contributed by atoms with E-state index in [-0.39, 0.29) is 17.9 Å². The van der Waals surface area contributed by atoms with Crippen LogP contribution in [0.3, 0.4) is 0 Å². The Balaban J connectivity index is 1.62. The lowest BCUT2D eigenvalue weighted by Crippen LogP contribution is -2.28. The Morgan fingerprint density at radius 3 is 2.50 bits per heavy atom. The summed E-state index contributed by atoms with van der Waals surface area (Å²) in [5.74, 6) is -0.165. The van der Waals surface area contributed by atoms with Crippen molar-refractivity contribution in [3.05, 3.63) is 117 Å². The molecule has 0 saturated carbocycles. The third-order valence-electron chi connectivity index (χ3n) is 6.10. The number of thiophene rings is 1. The first-order valence-corrected chi connectivity index (χ1v) is 13.3. The standard InChI is InChI=1S/C30H24ClNO5S/c1-2-36-25-17-20(13-14-24(25)31)28(33)26-27(32(30(35)29(26)34)18-23-12-7-15-38-23)19-8-6-11-22(16-19)37-21-9-4-3-5-10-21/h3-17,27,33H,2,18H2,1H3/b28-26-. The molecular weight excluding hydrogens is 522 g/mol. The van der Waals surface area contributed by atoms with Crippen molar-refractivity contribution in [1.82, 2.24) is 4.90 Å². The van der Waals surface area contributed by atoms with Crippen LogP contribution in [0.1, 0.15) is 29.0 Å². The number of benzene rings is 3. The van der Waals surface area contributed by atoms with Crippen LogP contribution in [0.25, 0.3) is 5.76 Å². The number of carbonyl (C=O) groups excluding carboxylic acids is 2. The summed E-state index contributed by atoms with van der Waals surface area (Å²) in [6.45, 7) is 2.42. The molecule has 38 heavy (non-hydrogen) atoms. The van der Waals surface area contributed by atoms with Gasteiger partial charge in [-0.1, -0.05) is 48.0 Å². The number of hydrogen-bond donors (Lipinski definition) is 1. The van der Waals surface area contributed by atoms with Crippen LogP contribution in [0.2, 0.25) is 5.02 Å². The zero-order valence-electron chi connectivity index (χ0n) is 20.5. The van der Waals surface area contributed by atoms with Gasteiger partial charge >= 0.3 is 0 Å². The quantitative estimate of drug-likeness (QED) is 0.144. The lowest BCUT2D eigenvalue weighted by molar-refractivity contribution is -0.140. The number of aliphatic hydroxyl groups excluding tert-OH is 1. The molecule has 1 atom stereocenters. The summed E-state index contributed by atoms with van der Waals surface area (Å²) >= 11 is 7.73. The van der Waals surface area contributed by atoms with E-state index in [1.54, 1.807) is 36.4 Å². The number of para-hydroxylation sites is 1. The van der Waals surface area contributed by atoms with Gasteiger partial charge in [0.1, 0.15) is 23.0 Å². The molecule has 192 valence electrons. The molecule has 4 aromatic rings. The average molecular weight is 546 g/mol. The fourth-order valence-corrected chi connectivity index (χ4v) is 5.28. The Kier molecular flexibility index (Phi) is 7.49. The lowest BCUT2D eigenvalue weighted by Gasteiger charge is -2.25. The van der Waals surface area contributed by atoms with Gasteiger partial charge in [0.25, 0.3) is 11.7 Å². The van der Waals surface area contributed by atoms with E-state index in [1.165, 1.54) is 16.2 Å². The summed E-state index contributed by atoms with van der Waals surface area (Å²) in [4.78, 5) is 29.1. The molecule has 8 heteroatoms. The molecule has 1 fully saturated rings. The number of hydrogen-bond acceptors (Lipinski definition) is 6. The monoisotopic (exact) mass is 545 g/mol. The van der Waals surface area contributed by atoms with Crippen LogP contribution in [0.5, 0.6) is 17.2 Å². The smallest absolute Gasteiger partial charge is 0.295 e. The van der Waals surface area contributed by atoms with E-state index >= 15 is 0 Å². The molecule has 0 bridgehead atoms. The van der Waals surface area contributed by atoms with Gasteiger partial charge in [0.2, 0.25) is 0 Å². The number of rotatable bonds is 8. The maximum atomic E-state index is 13.4. The summed E-state index contributed by atoms with van der Waals surface area (Å²) in [5.41, 5.74) is 0.955. The minimum Gasteiger partial charge on any atom is -0.507 e. The Morgan fingerprint density at radius 2 is 1.76 bits per heavy atom. The zero-order valence-corrected chi connectivity index (χ0v) is 22.0. The second-order valence-corrected chi connectivity index (χ2v) is 10.0. The van der Waals surface area contributed by atoms with Gasteiger partial charge in [-0.25, -0.2) is 0 Å². The van der Waals surface area contributed by atoms with Crippen LogP contribution in [0, 0.1) is 0 Å². The van der Waals surface area contributed by atoms with Crippen molar-refractivity contribution in [2.24, 2.45) is 0 Å². The lowest BCUT2D eigenvalue weighted by atomic mass is 9.95. The van der Waals surface area contributed by atoms with E-state index in [9.17, 15) is 14.7 Å². The van der Waals surface area contributed by atoms with Crippen molar-refractivity contribution in [1.29, 1.82) is 0 Å². The summed E-state index contributed by atoms with van der Waals surface area (Å²) in [6.07, 6.45) is 0. The topological polar surface area (TPSA) is 76.1 Å². The molecule has 3 aromatic carbocycles. The van der Waals surface area contributed by atoms with Crippen LogP contribution in [0.4, 0.5) is 0 Å². The number of carbonyl (C=O) groups is 2. The SMILES string of the molecule is CCOc1cc(/C(O)=C2/C(=O)C(=O)N(Cc3cccs3)C2c2cccc(Oc3ccccc3)c2)ccc1Cl. The first-order valence-electron chi connectivity index (χ1n) is 12.0. The molecule has 5 rings (SSSR count). The second kappa shape index (κ2) is 11.1. The normalized spacial score (nSPS) is 16.6. The van der Waals surface area contributed by atoms with Crippen molar-refractivity contribution in [2.75, 3.05) is 6.61 Å². The van der Waals surface area contributed by atoms with Gasteiger partial charge in [-0.15, -0.1) is 11.3 Å². The van der Waals surface area contributed by atoms with Crippen LogP contribution < -0.4 is 9.47 Å². The van der Waals surface area contributed by atoms with E-state index in [1.807, 2.05) is 60.8 Å². The predicted molar refractivity (Wildman–Crippen MR) is 148 cm³/mol. The van der Waals surface area contributed by atoms with Crippen LogP contribution in [0.15, 0.2) is 95.9 Å². The third-order valence-corrected chi connectivity index (χ3v) is 7.28. The minimum absolute atomic E-state index is 0.00631. The molecular formula is C30H24ClNO5S. The molecule has 1 aromatic heterocycles. The first kappa shape index (κ1) is 25.6. The molecule has 2 heterocycles. The van der Waals surface area contributed by atoms with Gasteiger partial charge < -0.3 is 19.5 Å². The molecule has 1 aliphatic heterocycles. The number of aliphatic hydroxyl groups is 1. The van der Waals surface area contributed by atoms with Gasteiger partial charge in [0.05, 0.1) is 29.8 Å². The number of halogens is 1. The highest BCUT2D eigenvalue weighted by Crippen LogP contribution is 2.42. The Bertz CT molecular complexity index is 1500. The van der Waals surface area contributed by atoms with Crippen molar-refractivity contribution in [2.45, 2.75) is 19.5 Å². The number of ether oxygens (including phenoxy) is 2. The van der Waals surface area contributed by atoms with Gasteiger partial charge in [0.15, 0.2) is 0 Å². The summed E-state index contributed by atoms with van der Waals surface area (Å²) in [5, 5.41) is 13.7. The summed E-state index contributed by atoms with van der Waals surface area (Å²) < 4.78 is 11.6. The molecule has 0 spiro atoms. The average Bonchev–Trinajstić information content (AvgIpc) is 3.53. The van der Waals surface area contributed by atoms with Gasteiger partial charge in [-0.3, -0.25) is 9.59 Å². The largest absolute Gasteiger partial charge is 0.507 e. The number of amides is 1. The van der Waals surface area contributed by atoms with Crippen molar-refractivity contribution in [3.63, 3.8) is 0 Å². The fraction of sp³-hybridized carbons (Fsp3) is 0.133. The molecule has 6 nitrogen and oxygen atoms in total. The molecule has 1 unspecified atom stereocenters. The summed E-state index contributed by atoms with van der Waals surface area (Å²) in [7, 11) is 0. The van der Waals surface area contributed by atoms with Crippen LogP contribution >= 0.6 is 22.9 Å². The minimum atomic E-state index is -0.831. The van der Waals surface area contributed by atoms with E-state index in [2.05, 4.69) is 0 Å². The third kappa shape index (κ3) is 5.16. The number of likely N-dealkylation sites (tertiary alicyclic amines) is 1. The Labute approximate surface area is 229 Å². The first-order chi connectivity index (χ1) is 18.5. The van der Waals surface area contributed by atoms with Crippen molar-refractivity contribution in [3.8, 4) is 17.2 Å².